The first-order valence-electron chi connectivity index (χ1n) is 12.2. The fourth-order valence-electron chi connectivity index (χ4n) is 4.39. The number of carbonyl (C=O) groups excluding carboxylic acids is 2. The van der Waals surface area contributed by atoms with Crippen LogP contribution in [0.25, 0.3) is 16.0 Å². The summed E-state index contributed by atoms with van der Waals surface area (Å²) in [6, 6.07) is 15.0. The largest absolute Gasteiger partial charge is 0.507 e. The molecule has 1 N–H and O–H groups in total. The van der Waals surface area contributed by atoms with Gasteiger partial charge in [0.1, 0.15) is 23.1 Å². The Morgan fingerprint density at radius 3 is 2.42 bits per heavy atom. The number of carbonyl (C=O) groups is 2. The number of benzene rings is 3. The van der Waals surface area contributed by atoms with Crippen LogP contribution in [0.3, 0.4) is 0 Å². The summed E-state index contributed by atoms with van der Waals surface area (Å²) in [6.45, 7) is 2.68. The highest BCUT2D eigenvalue weighted by atomic mass is 32.1. The summed E-state index contributed by atoms with van der Waals surface area (Å²) in [5.74, 6) is -2.52. The van der Waals surface area contributed by atoms with Gasteiger partial charge >= 0.3 is 5.91 Å². The second kappa shape index (κ2) is 10.7. The monoisotopic (exact) mass is 534 g/mol. The summed E-state index contributed by atoms with van der Waals surface area (Å²) < 4.78 is 33.6. The average Bonchev–Trinajstić information content (AvgIpc) is 3.44. The second-order valence-corrected chi connectivity index (χ2v) is 9.92. The summed E-state index contributed by atoms with van der Waals surface area (Å²) in [5, 5.41) is 11.3. The third-order valence-corrected chi connectivity index (χ3v) is 7.34. The van der Waals surface area contributed by atoms with E-state index in [2.05, 4.69) is 11.9 Å². The van der Waals surface area contributed by atoms with Gasteiger partial charge in [-0.25, -0.2) is 13.8 Å². The summed E-state index contributed by atoms with van der Waals surface area (Å²) in [6.07, 6.45) is 3.06. The first-order valence-corrected chi connectivity index (χ1v) is 13.0. The van der Waals surface area contributed by atoms with Crippen molar-refractivity contribution in [2.24, 2.45) is 0 Å². The number of Topliss-reactive ketones (excluding diaryl/α,β-unsaturated/α-hetero) is 1. The number of ketones is 1. The topological polar surface area (TPSA) is 79.7 Å². The van der Waals surface area contributed by atoms with E-state index >= 15 is 0 Å². The van der Waals surface area contributed by atoms with Gasteiger partial charge in [-0.15, -0.1) is 0 Å². The molecule has 1 saturated heterocycles. The van der Waals surface area contributed by atoms with Crippen LogP contribution in [0.15, 0.2) is 72.3 Å². The van der Waals surface area contributed by atoms with Gasteiger partial charge in [0.25, 0.3) is 5.78 Å². The predicted octanol–water partition coefficient (Wildman–Crippen LogP) is 6.77. The molecule has 1 unspecified atom stereocenters. The minimum Gasteiger partial charge on any atom is -0.507 e. The summed E-state index contributed by atoms with van der Waals surface area (Å²) in [7, 11) is 0. The van der Waals surface area contributed by atoms with E-state index < -0.39 is 35.1 Å². The Bertz CT molecular complexity index is 1530. The Labute approximate surface area is 221 Å². The van der Waals surface area contributed by atoms with Crippen molar-refractivity contribution in [2.75, 3.05) is 11.5 Å². The summed E-state index contributed by atoms with van der Waals surface area (Å²) >= 11 is 1.07. The van der Waals surface area contributed by atoms with Gasteiger partial charge in [0.05, 0.1) is 28.4 Å². The molecule has 1 aliphatic heterocycles. The molecule has 0 radical (unpaired) electrons. The molecule has 1 aliphatic rings. The number of rotatable bonds is 8. The normalized spacial score (nSPS) is 16.9. The van der Waals surface area contributed by atoms with Gasteiger partial charge in [-0.2, -0.15) is 0 Å². The maximum atomic E-state index is 13.8. The van der Waals surface area contributed by atoms with Crippen molar-refractivity contribution < 1.29 is 28.2 Å². The SMILES string of the molecule is CCCCCOc1ccc(C2C(=C(O)c3ccc(F)cc3)C(=O)C(=O)N2c2nc3ccc(F)cc3s2)cc1. The molecule has 6 nitrogen and oxygen atoms in total. The lowest BCUT2D eigenvalue weighted by atomic mass is 9.95. The number of fused-ring (bicyclic) bond motifs is 1. The molecule has 1 amide bonds. The van der Waals surface area contributed by atoms with E-state index in [0.29, 0.717) is 28.1 Å². The van der Waals surface area contributed by atoms with Gasteiger partial charge in [-0.05, 0) is 66.6 Å². The number of aliphatic hydroxyl groups excluding tert-OH is 1. The Morgan fingerprint density at radius 2 is 1.71 bits per heavy atom. The molecule has 9 heteroatoms. The van der Waals surface area contributed by atoms with E-state index in [9.17, 15) is 23.5 Å². The number of halogens is 2. The zero-order chi connectivity index (χ0) is 26.8. The zero-order valence-corrected chi connectivity index (χ0v) is 21.3. The number of ether oxygens (including phenoxy) is 1. The van der Waals surface area contributed by atoms with Crippen LogP contribution in [0.2, 0.25) is 0 Å². The summed E-state index contributed by atoms with van der Waals surface area (Å²) in [4.78, 5) is 32.3. The van der Waals surface area contributed by atoms with Crippen LogP contribution >= 0.6 is 11.3 Å². The number of hydrogen-bond donors (Lipinski definition) is 1. The van der Waals surface area contributed by atoms with Crippen LogP contribution in [0.5, 0.6) is 5.75 Å². The maximum absolute atomic E-state index is 13.8. The van der Waals surface area contributed by atoms with E-state index in [0.717, 1.165) is 42.7 Å². The number of anilines is 1. The minimum absolute atomic E-state index is 0.149. The lowest BCUT2D eigenvalue weighted by Crippen LogP contribution is -2.29. The van der Waals surface area contributed by atoms with Crippen molar-refractivity contribution in [3.05, 3.63) is 95.1 Å². The highest BCUT2D eigenvalue weighted by molar-refractivity contribution is 7.22. The molecule has 194 valence electrons. The quantitative estimate of drug-likeness (QED) is 0.117. The standard InChI is InChI=1S/C29H24F2N2O4S/c1-2-3-4-15-37-21-12-7-17(8-13-21)25-24(26(34)18-5-9-19(30)10-6-18)27(35)28(36)33(25)29-32-22-14-11-20(31)16-23(22)38-29/h5-14,16,25,34H,2-4,15H2,1H3. The van der Waals surface area contributed by atoms with Gasteiger partial charge < -0.3 is 9.84 Å². The lowest BCUT2D eigenvalue weighted by molar-refractivity contribution is -0.132. The number of nitrogens with zero attached hydrogens (tertiary/aromatic N) is 2. The van der Waals surface area contributed by atoms with Crippen LogP contribution in [0.4, 0.5) is 13.9 Å². The molecule has 0 spiro atoms. The average molecular weight is 535 g/mol. The smallest absolute Gasteiger partial charge is 0.301 e. The zero-order valence-electron chi connectivity index (χ0n) is 20.5. The number of thiazole rings is 1. The van der Waals surface area contributed by atoms with Crippen LogP contribution in [0, 0.1) is 11.6 Å². The molecular formula is C29H24F2N2O4S. The molecule has 2 heterocycles. The molecule has 0 saturated carbocycles. The second-order valence-electron chi connectivity index (χ2n) is 8.91. The van der Waals surface area contributed by atoms with Crippen molar-refractivity contribution in [2.45, 2.75) is 32.2 Å². The van der Waals surface area contributed by atoms with Gasteiger partial charge in [0.15, 0.2) is 5.13 Å². The van der Waals surface area contributed by atoms with Crippen molar-refractivity contribution in [3.8, 4) is 5.75 Å². The van der Waals surface area contributed by atoms with Gasteiger partial charge in [0.2, 0.25) is 0 Å². The van der Waals surface area contributed by atoms with Gasteiger partial charge in [-0.1, -0.05) is 43.2 Å². The van der Waals surface area contributed by atoms with E-state index in [4.69, 9.17) is 4.74 Å². The van der Waals surface area contributed by atoms with Crippen molar-refractivity contribution in [1.29, 1.82) is 0 Å². The minimum atomic E-state index is -1.01. The van der Waals surface area contributed by atoms with Crippen LogP contribution in [-0.2, 0) is 9.59 Å². The highest BCUT2D eigenvalue weighted by Gasteiger charge is 2.48. The van der Waals surface area contributed by atoms with E-state index in [1.54, 1.807) is 24.3 Å². The summed E-state index contributed by atoms with van der Waals surface area (Å²) in [5.41, 5.74) is 1.06. The number of amides is 1. The fraction of sp³-hybridized carbons (Fsp3) is 0.207. The van der Waals surface area contributed by atoms with E-state index in [-0.39, 0.29) is 16.3 Å². The maximum Gasteiger partial charge on any atom is 0.301 e. The molecule has 1 fully saturated rings. The van der Waals surface area contributed by atoms with Crippen LogP contribution < -0.4 is 9.64 Å². The van der Waals surface area contributed by atoms with Crippen molar-refractivity contribution >= 4 is 44.1 Å². The van der Waals surface area contributed by atoms with Crippen molar-refractivity contribution in [1.82, 2.24) is 4.98 Å². The Kier molecular flexibility index (Phi) is 7.20. The van der Waals surface area contributed by atoms with Crippen LogP contribution in [-0.4, -0.2) is 28.4 Å². The number of aliphatic hydroxyl groups is 1. The van der Waals surface area contributed by atoms with Gasteiger partial charge in [0, 0.05) is 5.56 Å². The third kappa shape index (κ3) is 4.89. The molecule has 0 bridgehead atoms. The number of unbranched alkanes of at least 4 members (excludes halogenated alkanes) is 2. The van der Waals surface area contributed by atoms with Crippen LogP contribution in [0.1, 0.15) is 43.4 Å². The van der Waals surface area contributed by atoms with Crippen molar-refractivity contribution in [3.63, 3.8) is 0 Å². The third-order valence-electron chi connectivity index (χ3n) is 6.32. The molecule has 3 aromatic carbocycles. The first kappa shape index (κ1) is 25.5. The lowest BCUT2D eigenvalue weighted by Gasteiger charge is -2.23. The van der Waals surface area contributed by atoms with E-state index in [1.807, 2.05) is 0 Å². The molecule has 4 aromatic rings. The molecule has 1 atom stereocenters. The molecule has 5 rings (SSSR count). The Hall–Kier alpha value is -4.11. The highest BCUT2D eigenvalue weighted by Crippen LogP contribution is 2.44. The number of hydrogen-bond acceptors (Lipinski definition) is 6. The molecule has 38 heavy (non-hydrogen) atoms. The first-order chi connectivity index (χ1) is 18.4. The molecular weight excluding hydrogens is 510 g/mol. The molecule has 0 aliphatic carbocycles. The number of aromatic nitrogens is 1. The Morgan fingerprint density at radius 1 is 1.00 bits per heavy atom. The van der Waals surface area contributed by atoms with E-state index in [1.165, 1.54) is 35.2 Å². The van der Waals surface area contributed by atoms with Gasteiger partial charge in [-0.3, -0.25) is 14.5 Å². The molecule has 1 aromatic heterocycles. The Balaban J connectivity index is 1.60. The fourth-order valence-corrected chi connectivity index (χ4v) is 5.40. The predicted molar refractivity (Wildman–Crippen MR) is 142 cm³/mol.